The molecule has 0 atom stereocenters. The predicted octanol–water partition coefficient (Wildman–Crippen LogP) is 1.52. The second-order valence-corrected chi connectivity index (χ2v) is 4.94. The molecule has 0 aliphatic heterocycles. The maximum Gasteiger partial charge on any atom is 0.189 e. The Morgan fingerprint density at radius 3 is 2.81 bits per heavy atom. The molecule has 0 unspecified atom stereocenters. The number of nitrogens with zero attached hydrogens (tertiary/aromatic N) is 6. The van der Waals surface area contributed by atoms with E-state index in [9.17, 15) is 0 Å². The summed E-state index contributed by atoms with van der Waals surface area (Å²) < 4.78 is 3.46. The molecule has 1 aromatic carbocycles. The number of hydrogen-bond donors (Lipinski definition) is 1. The summed E-state index contributed by atoms with van der Waals surface area (Å²) in [5.41, 5.74) is 10.5. The van der Waals surface area contributed by atoms with Gasteiger partial charge in [0.25, 0.3) is 0 Å². The molecule has 21 heavy (non-hydrogen) atoms. The molecule has 0 amide bonds. The number of rotatable bonds is 3. The zero-order chi connectivity index (χ0) is 15.0. The van der Waals surface area contributed by atoms with Gasteiger partial charge in [-0.1, -0.05) is 19.1 Å². The van der Waals surface area contributed by atoms with Gasteiger partial charge < -0.3 is 5.73 Å². The highest BCUT2D eigenvalue weighted by molar-refractivity contribution is 5.75. The number of aryl methyl sites for hydroxylation is 3. The van der Waals surface area contributed by atoms with Crippen molar-refractivity contribution in [1.29, 1.82) is 0 Å². The second-order valence-electron chi connectivity index (χ2n) is 4.94. The molecule has 0 aliphatic rings. The number of hydrogen-bond acceptors (Lipinski definition) is 5. The summed E-state index contributed by atoms with van der Waals surface area (Å²) >= 11 is 0. The van der Waals surface area contributed by atoms with Gasteiger partial charge >= 0.3 is 0 Å². The zero-order valence-corrected chi connectivity index (χ0v) is 12.3. The molecule has 0 spiro atoms. The monoisotopic (exact) mass is 283 g/mol. The van der Waals surface area contributed by atoms with Gasteiger partial charge in [-0.15, -0.1) is 5.10 Å². The fourth-order valence-electron chi connectivity index (χ4n) is 2.45. The topological polar surface area (TPSA) is 87.4 Å². The SMILES string of the molecule is CCc1nn(C)cc1-n1nnnc1-c1c(C)cccc1N. The van der Waals surface area contributed by atoms with Crippen LogP contribution in [0.4, 0.5) is 5.69 Å². The number of nitrogens with two attached hydrogens (primary N) is 1. The lowest BCUT2D eigenvalue weighted by molar-refractivity contribution is 0.746. The molecule has 0 radical (unpaired) electrons. The number of tetrazole rings is 1. The summed E-state index contributed by atoms with van der Waals surface area (Å²) in [4.78, 5) is 0. The van der Waals surface area contributed by atoms with Gasteiger partial charge in [-0.2, -0.15) is 9.78 Å². The molecule has 0 aliphatic carbocycles. The van der Waals surface area contributed by atoms with E-state index < -0.39 is 0 Å². The Morgan fingerprint density at radius 1 is 1.29 bits per heavy atom. The fourth-order valence-corrected chi connectivity index (χ4v) is 2.45. The minimum absolute atomic E-state index is 0.633. The minimum Gasteiger partial charge on any atom is -0.398 e. The summed E-state index contributed by atoms with van der Waals surface area (Å²) in [6.07, 6.45) is 2.71. The summed E-state index contributed by atoms with van der Waals surface area (Å²) in [6.45, 7) is 4.05. The van der Waals surface area contributed by atoms with Crippen molar-refractivity contribution in [2.24, 2.45) is 7.05 Å². The van der Waals surface area contributed by atoms with E-state index in [1.165, 1.54) is 0 Å². The molecular weight excluding hydrogens is 266 g/mol. The minimum atomic E-state index is 0.633. The first kappa shape index (κ1) is 13.3. The first-order valence-corrected chi connectivity index (χ1v) is 6.78. The van der Waals surface area contributed by atoms with Crippen molar-refractivity contribution in [3.8, 4) is 17.1 Å². The third-order valence-electron chi connectivity index (χ3n) is 3.44. The Hall–Kier alpha value is -2.70. The zero-order valence-electron chi connectivity index (χ0n) is 12.3. The van der Waals surface area contributed by atoms with E-state index in [4.69, 9.17) is 5.73 Å². The molecule has 0 bridgehead atoms. The molecule has 0 fully saturated rings. The first-order chi connectivity index (χ1) is 10.1. The second kappa shape index (κ2) is 5.01. The predicted molar refractivity (Wildman–Crippen MR) is 79.9 cm³/mol. The van der Waals surface area contributed by atoms with Crippen LogP contribution < -0.4 is 5.73 Å². The lowest BCUT2D eigenvalue weighted by Crippen LogP contribution is -2.04. The van der Waals surface area contributed by atoms with Crippen LogP contribution in [0, 0.1) is 6.92 Å². The van der Waals surface area contributed by atoms with Gasteiger partial charge in [0.1, 0.15) is 5.69 Å². The molecular formula is C14H17N7. The highest BCUT2D eigenvalue weighted by atomic mass is 15.5. The molecule has 3 rings (SSSR count). The number of nitrogen functional groups attached to an aromatic ring is 1. The van der Waals surface area contributed by atoms with Gasteiger partial charge in [0.15, 0.2) is 5.82 Å². The van der Waals surface area contributed by atoms with Crippen LogP contribution in [0.1, 0.15) is 18.2 Å². The third kappa shape index (κ3) is 2.16. The number of benzene rings is 1. The van der Waals surface area contributed by atoms with Crippen molar-refractivity contribution in [3.05, 3.63) is 35.7 Å². The summed E-state index contributed by atoms with van der Waals surface area (Å²) in [6, 6.07) is 5.77. The smallest absolute Gasteiger partial charge is 0.189 e. The molecule has 108 valence electrons. The average molecular weight is 283 g/mol. The van der Waals surface area contributed by atoms with Gasteiger partial charge in [0.05, 0.1) is 11.9 Å². The van der Waals surface area contributed by atoms with E-state index in [0.29, 0.717) is 11.5 Å². The van der Waals surface area contributed by atoms with Crippen LogP contribution in [-0.4, -0.2) is 30.0 Å². The van der Waals surface area contributed by atoms with E-state index in [1.807, 2.05) is 38.4 Å². The normalized spacial score (nSPS) is 11.0. The first-order valence-electron chi connectivity index (χ1n) is 6.78. The van der Waals surface area contributed by atoms with E-state index in [0.717, 1.165) is 28.9 Å². The van der Waals surface area contributed by atoms with E-state index in [2.05, 4.69) is 27.5 Å². The molecule has 7 heteroatoms. The Balaban J connectivity index is 2.22. The molecule has 3 aromatic rings. The van der Waals surface area contributed by atoms with E-state index >= 15 is 0 Å². The van der Waals surface area contributed by atoms with Gasteiger partial charge in [-0.25, -0.2) is 0 Å². The third-order valence-corrected chi connectivity index (χ3v) is 3.44. The van der Waals surface area contributed by atoms with Crippen molar-refractivity contribution < 1.29 is 0 Å². The number of aromatic nitrogens is 6. The van der Waals surface area contributed by atoms with Crippen LogP contribution in [0.15, 0.2) is 24.4 Å². The number of anilines is 1. The average Bonchev–Trinajstić information content (AvgIpc) is 3.04. The van der Waals surface area contributed by atoms with Crippen molar-refractivity contribution >= 4 is 5.69 Å². The van der Waals surface area contributed by atoms with Crippen LogP contribution in [-0.2, 0) is 13.5 Å². The Kier molecular flexibility index (Phi) is 3.17. The van der Waals surface area contributed by atoms with Gasteiger partial charge in [-0.05, 0) is 35.4 Å². The fraction of sp³-hybridized carbons (Fsp3) is 0.286. The highest BCUT2D eigenvalue weighted by Gasteiger charge is 2.18. The van der Waals surface area contributed by atoms with Crippen molar-refractivity contribution in [2.45, 2.75) is 20.3 Å². The Labute approximate surface area is 122 Å². The summed E-state index contributed by atoms with van der Waals surface area (Å²) in [5, 5.41) is 16.5. The van der Waals surface area contributed by atoms with E-state index in [-0.39, 0.29) is 0 Å². The van der Waals surface area contributed by atoms with Crippen molar-refractivity contribution in [1.82, 2.24) is 30.0 Å². The standard InChI is InChI=1S/C14H17N7/c1-4-11-12(8-20(3)17-11)21-14(16-18-19-21)13-9(2)6-5-7-10(13)15/h5-8H,4,15H2,1-3H3. The molecule has 2 aromatic heterocycles. The van der Waals surface area contributed by atoms with Crippen molar-refractivity contribution in [3.63, 3.8) is 0 Å². The molecule has 2 heterocycles. The van der Waals surface area contributed by atoms with Crippen LogP contribution >= 0.6 is 0 Å². The molecule has 0 saturated heterocycles. The largest absolute Gasteiger partial charge is 0.398 e. The van der Waals surface area contributed by atoms with Crippen LogP contribution in [0.2, 0.25) is 0 Å². The van der Waals surface area contributed by atoms with Gasteiger partial charge in [0, 0.05) is 18.3 Å². The van der Waals surface area contributed by atoms with Crippen LogP contribution in [0.3, 0.4) is 0 Å². The molecule has 0 saturated carbocycles. The summed E-state index contributed by atoms with van der Waals surface area (Å²) in [5.74, 6) is 0.633. The van der Waals surface area contributed by atoms with E-state index in [1.54, 1.807) is 9.36 Å². The molecule has 2 N–H and O–H groups in total. The van der Waals surface area contributed by atoms with Crippen LogP contribution in [0.25, 0.3) is 17.1 Å². The Bertz CT molecular complexity index is 764. The quantitative estimate of drug-likeness (QED) is 0.736. The van der Waals surface area contributed by atoms with Gasteiger partial charge in [-0.3, -0.25) is 4.68 Å². The summed E-state index contributed by atoms with van der Waals surface area (Å²) in [7, 11) is 1.88. The lowest BCUT2D eigenvalue weighted by Gasteiger charge is -2.09. The Morgan fingerprint density at radius 2 is 2.10 bits per heavy atom. The lowest BCUT2D eigenvalue weighted by atomic mass is 10.1. The highest BCUT2D eigenvalue weighted by Crippen LogP contribution is 2.29. The van der Waals surface area contributed by atoms with Crippen molar-refractivity contribution in [2.75, 3.05) is 5.73 Å². The molecule has 7 nitrogen and oxygen atoms in total. The van der Waals surface area contributed by atoms with Crippen LogP contribution in [0.5, 0.6) is 0 Å². The van der Waals surface area contributed by atoms with Gasteiger partial charge in [0.2, 0.25) is 0 Å². The maximum absolute atomic E-state index is 6.11. The maximum atomic E-state index is 6.11.